The standard InChI is InChI=1S/C8H16N2O3/c9-3-7(13)5-1-4(11)2-6(12)8(5)10/h4-5,7-8,11,13H,1-3,9-10H2. The molecule has 0 bridgehead atoms. The predicted molar refractivity (Wildman–Crippen MR) is 46.8 cm³/mol. The molecule has 1 fully saturated rings. The van der Waals surface area contributed by atoms with Crippen LogP contribution in [0.1, 0.15) is 12.8 Å². The van der Waals surface area contributed by atoms with E-state index in [1.54, 1.807) is 0 Å². The maximum atomic E-state index is 11.2. The number of ketones is 1. The maximum Gasteiger partial charge on any atom is 0.152 e. The van der Waals surface area contributed by atoms with Gasteiger partial charge in [-0.1, -0.05) is 0 Å². The lowest BCUT2D eigenvalue weighted by Crippen LogP contribution is -2.51. The van der Waals surface area contributed by atoms with Crippen molar-refractivity contribution in [3.63, 3.8) is 0 Å². The molecule has 0 aromatic carbocycles. The number of hydrogen-bond acceptors (Lipinski definition) is 5. The van der Waals surface area contributed by atoms with Gasteiger partial charge in [0.15, 0.2) is 5.78 Å². The zero-order chi connectivity index (χ0) is 10.0. The fraction of sp³-hybridized carbons (Fsp3) is 0.875. The summed E-state index contributed by atoms with van der Waals surface area (Å²) >= 11 is 0. The summed E-state index contributed by atoms with van der Waals surface area (Å²) in [6.07, 6.45) is -1.03. The molecule has 1 saturated carbocycles. The molecule has 5 heteroatoms. The van der Waals surface area contributed by atoms with Crippen LogP contribution in [0, 0.1) is 5.92 Å². The van der Waals surface area contributed by atoms with Crippen molar-refractivity contribution < 1.29 is 15.0 Å². The number of Topliss-reactive ketones (excluding diaryl/α,β-unsaturated/α-hetero) is 1. The highest BCUT2D eigenvalue weighted by Gasteiger charge is 2.36. The molecule has 1 aliphatic carbocycles. The summed E-state index contributed by atoms with van der Waals surface area (Å²) in [4.78, 5) is 11.2. The van der Waals surface area contributed by atoms with E-state index in [0.717, 1.165) is 0 Å². The van der Waals surface area contributed by atoms with Crippen LogP contribution in [0.2, 0.25) is 0 Å². The van der Waals surface area contributed by atoms with E-state index in [4.69, 9.17) is 11.5 Å². The van der Waals surface area contributed by atoms with Crippen molar-refractivity contribution in [1.29, 1.82) is 0 Å². The third kappa shape index (κ3) is 2.25. The molecular formula is C8H16N2O3. The number of carbonyl (C=O) groups excluding carboxylic acids is 1. The van der Waals surface area contributed by atoms with Crippen molar-refractivity contribution >= 4 is 5.78 Å². The van der Waals surface area contributed by atoms with Gasteiger partial charge < -0.3 is 21.7 Å². The number of hydrogen-bond donors (Lipinski definition) is 4. The Morgan fingerprint density at radius 3 is 2.77 bits per heavy atom. The van der Waals surface area contributed by atoms with Gasteiger partial charge >= 0.3 is 0 Å². The number of aliphatic hydroxyl groups is 2. The lowest BCUT2D eigenvalue weighted by Gasteiger charge is -2.33. The predicted octanol–water partition coefficient (Wildman–Crippen LogP) is -2.03. The second-order valence-electron chi connectivity index (χ2n) is 3.55. The second-order valence-corrected chi connectivity index (χ2v) is 3.55. The Hall–Kier alpha value is -0.490. The van der Waals surface area contributed by atoms with Gasteiger partial charge in [-0.3, -0.25) is 4.79 Å². The van der Waals surface area contributed by atoms with Gasteiger partial charge in [-0.15, -0.1) is 0 Å². The first-order valence-electron chi connectivity index (χ1n) is 4.40. The largest absolute Gasteiger partial charge is 0.393 e. The molecule has 0 radical (unpaired) electrons. The molecule has 0 amide bonds. The minimum absolute atomic E-state index is 0.0678. The fourth-order valence-corrected chi connectivity index (χ4v) is 1.72. The quantitative estimate of drug-likeness (QED) is 0.399. The Morgan fingerprint density at radius 2 is 2.23 bits per heavy atom. The van der Waals surface area contributed by atoms with E-state index in [1.165, 1.54) is 0 Å². The van der Waals surface area contributed by atoms with Crippen LogP contribution in [-0.2, 0) is 4.79 Å². The van der Waals surface area contributed by atoms with Crippen LogP contribution < -0.4 is 11.5 Å². The summed E-state index contributed by atoms with van der Waals surface area (Å²) in [6.45, 7) is 0.0678. The summed E-state index contributed by atoms with van der Waals surface area (Å²) in [5, 5.41) is 18.7. The normalized spacial score (nSPS) is 37.5. The van der Waals surface area contributed by atoms with Gasteiger partial charge in [-0.2, -0.15) is 0 Å². The van der Waals surface area contributed by atoms with Crippen LogP contribution in [0.4, 0.5) is 0 Å². The lowest BCUT2D eigenvalue weighted by atomic mass is 9.79. The molecule has 0 aliphatic heterocycles. The van der Waals surface area contributed by atoms with Gasteiger partial charge in [0.2, 0.25) is 0 Å². The number of nitrogens with two attached hydrogens (primary N) is 2. The van der Waals surface area contributed by atoms with Gasteiger partial charge in [0.05, 0.1) is 18.2 Å². The summed E-state index contributed by atoms with van der Waals surface area (Å²) in [5.74, 6) is -0.600. The first-order valence-corrected chi connectivity index (χ1v) is 4.40. The van der Waals surface area contributed by atoms with Gasteiger partial charge in [-0.05, 0) is 6.42 Å². The van der Waals surface area contributed by atoms with E-state index in [1.807, 2.05) is 0 Å². The Kier molecular flexibility index (Phi) is 3.38. The zero-order valence-corrected chi connectivity index (χ0v) is 7.39. The molecule has 1 rings (SSSR count). The van der Waals surface area contributed by atoms with Crippen LogP contribution in [0.5, 0.6) is 0 Å². The second kappa shape index (κ2) is 4.15. The van der Waals surface area contributed by atoms with Crippen LogP contribution in [-0.4, -0.2) is 40.8 Å². The van der Waals surface area contributed by atoms with Crippen molar-refractivity contribution in [2.45, 2.75) is 31.1 Å². The highest BCUT2D eigenvalue weighted by atomic mass is 16.3. The van der Waals surface area contributed by atoms with Gasteiger partial charge in [0.25, 0.3) is 0 Å². The minimum Gasteiger partial charge on any atom is -0.393 e. The van der Waals surface area contributed by atoms with E-state index in [0.29, 0.717) is 6.42 Å². The third-order valence-corrected chi connectivity index (χ3v) is 2.55. The molecule has 13 heavy (non-hydrogen) atoms. The van der Waals surface area contributed by atoms with Crippen molar-refractivity contribution in [2.24, 2.45) is 17.4 Å². The molecule has 0 spiro atoms. The smallest absolute Gasteiger partial charge is 0.152 e. The van der Waals surface area contributed by atoms with Crippen LogP contribution in [0.15, 0.2) is 0 Å². The summed E-state index contributed by atoms with van der Waals surface area (Å²) in [6, 6.07) is -0.679. The molecule has 0 aromatic heterocycles. The molecule has 76 valence electrons. The topological polar surface area (TPSA) is 110 Å². The maximum absolute atomic E-state index is 11.2. The van der Waals surface area contributed by atoms with E-state index in [2.05, 4.69) is 0 Å². The van der Waals surface area contributed by atoms with E-state index in [9.17, 15) is 15.0 Å². The van der Waals surface area contributed by atoms with Crippen LogP contribution in [0.3, 0.4) is 0 Å². The summed E-state index contributed by atoms with van der Waals surface area (Å²) in [7, 11) is 0. The average molecular weight is 188 g/mol. The van der Waals surface area contributed by atoms with E-state index < -0.39 is 24.2 Å². The van der Waals surface area contributed by atoms with Crippen LogP contribution >= 0.6 is 0 Å². The monoisotopic (exact) mass is 188 g/mol. The lowest BCUT2D eigenvalue weighted by molar-refractivity contribution is -0.128. The molecule has 0 saturated heterocycles. The minimum atomic E-state index is -0.797. The molecule has 1 aliphatic rings. The van der Waals surface area contributed by atoms with Crippen molar-refractivity contribution in [3.05, 3.63) is 0 Å². The average Bonchev–Trinajstić information content (AvgIpc) is 2.10. The highest BCUT2D eigenvalue weighted by molar-refractivity contribution is 5.85. The Labute approximate surface area is 76.7 Å². The number of aliphatic hydroxyl groups excluding tert-OH is 2. The van der Waals surface area contributed by atoms with E-state index in [-0.39, 0.29) is 18.7 Å². The fourth-order valence-electron chi connectivity index (χ4n) is 1.72. The molecule has 0 heterocycles. The van der Waals surface area contributed by atoms with Gasteiger partial charge in [0, 0.05) is 18.9 Å². The Bertz CT molecular complexity index is 198. The molecule has 5 nitrogen and oxygen atoms in total. The van der Waals surface area contributed by atoms with Crippen molar-refractivity contribution in [2.75, 3.05) is 6.54 Å². The molecule has 6 N–H and O–H groups in total. The number of rotatable bonds is 2. The van der Waals surface area contributed by atoms with Crippen molar-refractivity contribution in [1.82, 2.24) is 0 Å². The number of carbonyl (C=O) groups is 1. The molecule has 0 aromatic rings. The zero-order valence-electron chi connectivity index (χ0n) is 7.39. The SMILES string of the molecule is NCC(O)C1CC(O)CC(=O)C1N. The molecule has 4 atom stereocenters. The highest BCUT2D eigenvalue weighted by Crippen LogP contribution is 2.23. The first kappa shape index (κ1) is 10.6. The Morgan fingerprint density at radius 1 is 1.62 bits per heavy atom. The van der Waals surface area contributed by atoms with E-state index >= 15 is 0 Å². The molecule has 4 unspecified atom stereocenters. The van der Waals surface area contributed by atoms with Crippen molar-refractivity contribution in [3.8, 4) is 0 Å². The Balaban J connectivity index is 2.66. The van der Waals surface area contributed by atoms with Gasteiger partial charge in [-0.25, -0.2) is 0 Å². The summed E-state index contributed by atoms with van der Waals surface area (Å²) < 4.78 is 0. The first-order chi connectivity index (χ1) is 6.06. The van der Waals surface area contributed by atoms with Crippen LogP contribution in [0.25, 0.3) is 0 Å². The summed E-state index contributed by atoms with van der Waals surface area (Å²) in [5.41, 5.74) is 10.8. The van der Waals surface area contributed by atoms with Gasteiger partial charge in [0.1, 0.15) is 0 Å². The molecular weight excluding hydrogens is 172 g/mol. The third-order valence-electron chi connectivity index (χ3n) is 2.55.